The Labute approximate surface area is 124 Å². The van der Waals surface area contributed by atoms with Gasteiger partial charge in [-0.1, -0.05) is 0 Å². The topological polar surface area (TPSA) is 83.9 Å². The molecule has 1 aliphatic carbocycles. The molecule has 0 bridgehead atoms. The van der Waals surface area contributed by atoms with Gasteiger partial charge >= 0.3 is 0 Å². The maximum atomic E-state index is 13.0. The van der Waals surface area contributed by atoms with Crippen molar-refractivity contribution in [2.75, 3.05) is 0 Å². The Hall–Kier alpha value is -1.67. The van der Waals surface area contributed by atoms with Gasteiger partial charge in [-0.15, -0.1) is 0 Å². The van der Waals surface area contributed by atoms with Gasteiger partial charge in [0.25, 0.3) is 0 Å². The van der Waals surface area contributed by atoms with Crippen LogP contribution in [0.2, 0.25) is 0 Å². The van der Waals surface area contributed by atoms with Crippen molar-refractivity contribution >= 4 is 10.0 Å². The minimum absolute atomic E-state index is 0.0698. The number of aromatic amines is 1. The monoisotopic (exact) mass is 309 g/mol. The lowest BCUT2D eigenvalue weighted by molar-refractivity contribution is 0.385. The van der Waals surface area contributed by atoms with E-state index in [0.717, 1.165) is 18.7 Å². The highest BCUT2D eigenvalue weighted by Gasteiger charge is 2.40. The first-order valence-corrected chi connectivity index (χ1v) is 8.35. The number of aromatic nitrogens is 4. The van der Waals surface area contributed by atoms with Crippen molar-refractivity contribution < 1.29 is 8.42 Å². The van der Waals surface area contributed by atoms with Gasteiger partial charge in [-0.25, -0.2) is 13.4 Å². The third kappa shape index (κ3) is 2.49. The van der Waals surface area contributed by atoms with Crippen LogP contribution in [-0.4, -0.2) is 38.5 Å². The van der Waals surface area contributed by atoms with Crippen LogP contribution in [0, 0.1) is 13.8 Å². The van der Waals surface area contributed by atoms with Crippen molar-refractivity contribution in [3.05, 3.63) is 29.6 Å². The van der Waals surface area contributed by atoms with Gasteiger partial charge in [-0.2, -0.15) is 9.40 Å². The molecule has 0 aliphatic heterocycles. The zero-order chi connectivity index (χ0) is 15.2. The third-order valence-electron chi connectivity index (χ3n) is 3.80. The average molecular weight is 309 g/mol. The fraction of sp³-hybridized carbons (Fsp3) is 0.538. The lowest BCUT2D eigenvalue weighted by Crippen LogP contribution is -2.34. The molecular formula is C13H19N5O2S. The molecule has 3 rings (SSSR count). The van der Waals surface area contributed by atoms with Crippen LogP contribution >= 0.6 is 0 Å². The van der Waals surface area contributed by atoms with Crippen LogP contribution in [0.4, 0.5) is 0 Å². The Balaban J connectivity index is 1.99. The number of nitrogens with zero attached hydrogens (tertiary/aromatic N) is 4. The van der Waals surface area contributed by atoms with Crippen LogP contribution in [0.5, 0.6) is 0 Å². The largest absolute Gasteiger partial charge is 0.337 e. The van der Waals surface area contributed by atoms with Gasteiger partial charge in [-0.3, -0.25) is 5.10 Å². The Kier molecular flexibility index (Phi) is 3.37. The van der Waals surface area contributed by atoms with Crippen molar-refractivity contribution in [3.63, 3.8) is 0 Å². The van der Waals surface area contributed by atoms with E-state index in [9.17, 15) is 8.42 Å². The molecule has 1 N–H and O–H groups in total. The van der Waals surface area contributed by atoms with Crippen LogP contribution in [0.25, 0.3) is 0 Å². The first-order valence-electron chi connectivity index (χ1n) is 6.91. The zero-order valence-corrected chi connectivity index (χ0v) is 13.2. The zero-order valence-electron chi connectivity index (χ0n) is 12.4. The Morgan fingerprint density at radius 3 is 2.62 bits per heavy atom. The molecule has 21 heavy (non-hydrogen) atoms. The number of aryl methyl sites for hydroxylation is 3. The Morgan fingerprint density at radius 1 is 1.43 bits per heavy atom. The molecule has 2 aromatic heterocycles. The van der Waals surface area contributed by atoms with E-state index in [1.54, 1.807) is 24.3 Å². The average Bonchev–Trinajstić information content (AvgIpc) is 3.08. The molecule has 1 fully saturated rings. The fourth-order valence-corrected chi connectivity index (χ4v) is 4.47. The third-order valence-corrected chi connectivity index (χ3v) is 5.96. The van der Waals surface area contributed by atoms with Crippen LogP contribution in [-0.2, 0) is 23.6 Å². The van der Waals surface area contributed by atoms with E-state index < -0.39 is 10.0 Å². The summed E-state index contributed by atoms with van der Waals surface area (Å²) < 4.78 is 29.4. The smallest absolute Gasteiger partial charge is 0.247 e. The SMILES string of the molecule is Cc1n[nH]c(C)c1S(=O)(=O)N(Cc1nccn1C)C1CC1. The molecule has 1 aliphatic rings. The molecule has 0 spiro atoms. The fourth-order valence-electron chi connectivity index (χ4n) is 2.50. The Bertz CT molecular complexity index is 738. The number of hydrogen-bond acceptors (Lipinski definition) is 4. The minimum Gasteiger partial charge on any atom is -0.337 e. The molecule has 0 radical (unpaired) electrons. The first-order chi connectivity index (χ1) is 9.91. The predicted octanol–water partition coefficient (Wildman–Crippen LogP) is 1.11. The van der Waals surface area contributed by atoms with E-state index in [-0.39, 0.29) is 6.04 Å². The number of imidazole rings is 1. The quantitative estimate of drug-likeness (QED) is 0.897. The van der Waals surface area contributed by atoms with Crippen LogP contribution in [0.1, 0.15) is 30.1 Å². The molecule has 2 aromatic rings. The van der Waals surface area contributed by atoms with Gasteiger partial charge in [0.15, 0.2) is 0 Å². The van der Waals surface area contributed by atoms with E-state index >= 15 is 0 Å². The molecule has 0 atom stereocenters. The molecule has 0 amide bonds. The molecule has 1 saturated carbocycles. The molecular weight excluding hydrogens is 290 g/mol. The van der Waals surface area contributed by atoms with E-state index in [1.165, 1.54) is 0 Å². The summed E-state index contributed by atoms with van der Waals surface area (Å²) in [5, 5.41) is 6.76. The summed E-state index contributed by atoms with van der Waals surface area (Å²) in [6.07, 6.45) is 5.31. The highest BCUT2D eigenvalue weighted by Crippen LogP contribution is 2.34. The lowest BCUT2D eigenvalue weighted by Gasteiger charge is -2.21. The van der Waals surface area contributed by atoms with Crippen molar-refractivity contribution in [1.82, 2.24) is 24.1 Å². The standard InChI is InChI=1S/C13H19N5O2S/c1-9-13(10(2)16-15-9)21(19,20)18(11-4-5-11)8-12-14-6-7-17(12)3/h6-7,11H,4-5,8H2,1-3H3,(H,15,16). The molecule has 8 heteroatoms. The van der Waals surface area contributed by atoms with Crippen molar-refractivity contribution in [2.45, 2.75) is 44.2 Å². The predicted molar refractivity (Wildman–Crippen MR) is 77.0 cm³/mol. The van der Waals surface area contributed by atoms with Gasteiger partial charge in [0.1, 0.15) is 10.7 Å². The summed E-state index contributed by atoms with van der Waals surface area (Å²) in [5.74, 6) is 0.740. The first kappa shape index (κ1) is 14.3. The van der Waals surface area contributed by atoms with E-state index in [2.05, 4.69) is 15.2 Å². The summed E-state index contributed by atoms with van der Waals surface area (Å²) in [5.41, 5.74) is 1.09. The van der Waals surface area contributed by atoms with Crippen molar-refractivity contribution in [1.29, 1.82) is 0 Å². The van der Waals surface area contributed by atoms with Gasteiger partial charge in [0.2, 0.25) is 10.0 Å². The van der Waals surface area contributed by atoms with Crippen molar-refractivity contribution in [2.24, 2.45) is 7.05 Å². The highest BCUT2D eigenvalue weighted by atomic mass is 32.2. The molecule has 7 nitrogen and oxygen atoms in total. The minimum atomic E-state index is -3.56. The summed E-state index contributed by atoms with van der Waals surface area (Å²) >= 11 is 0. The molecule has 0 unspecified atom stereocenters. The number of nitrogens with one attached hydrogen (secondary N) is 1. The van der Waals surface area contributed by atoms with Gasteiger partial charge in [-0.05, 0) is 26.7 Å². The second-order valence-corrected chi connectivity index (χ2v) is 7.33. The number of rotatable bonds is 5. The maximum Gasteiger partial charge on any atom is 0.247 e. The van der Waals surface area contributed by atoms with E-state index in [0.29, 0.717) is 22.8 Å². The van der Waals surface area contributed by atoms with Crippen LogP contribution in [0.3, 0.4) is 0 Å². The van der Waals surface area contributed by atoms with Gasteiger partial charge < -0.3 is 4.57 Å². The number of H-pyrrole nitrogens is 1. The second-order valence-electron chi connectivity index (χ2n) is 5.50. The molecule has 114 valence electrons. The normalized spacial score (nSPS) is 15.8. The number of sulfonamides is 1. The van der Waals surface area contributed by atoms with Gasteiger partial charge in [0, 0.05) is 25.5 Å². The summed E-state index contributed by atoms with van der Waals surface area (Å²) in [6, 6.07) is 0.0698. The maximum absolute atomic E-state index is 13.0. The summed E-state index contributed by atoms with van der Waals surface area (Å²) in [6.45, 7) is 3.74. The Morgan fingerprint density at radius 2 is 2.14 bits per heavy atom. The molecule has 2 heterocycles. The van der Waals surface area contributed by atoms with Crippen LogP contribution in [0.15, 0.2) is 17.3 Å². The van der Waals surface area contributed by atoms with Gasteiger partial charge in [0.05, 0.1) is 17.9 Å². The lowest BCUT2D eigenvalue weighted by atomic mass is 10.4. The summed E-state index contributed by atoms with van der Waals surface area (Å²) in [7, 11) is -1.69. The van der Waals surface area contributed by atoms with E-state index in [4.69, 9.17) is 0 Å². The van der Waals surface area contributed by atoms with Crippen LogP contribution < -0.4 is 0 Å². The molecule has 0 aromatic carbocycles. The number of hydrogen-bond donors (Lipinski definition) is 1. The second kappa shape index (κ2) is 4.96. The molecule has 0 saturated heterocycles. The highest BCUT2D eigenvalue weighted by molar-refractivity contribution is 7.89. The van der Waals surface area contributed by atoms with Crippen molar-refractivity contribution in [3.8, 4) is 0 Å². The summed E-state index contributed by atoms with van der Waals surface area (Å²) in [4.78, 5) is 4.53. The van der Waals surface area contributed by atoms with E-state index in [1.807, 2.05) is 17.8 Å².